The number of carboxylic acid groups (broad SMARTS) is 1. The van der Waals surface area contributed by atoms with Gasteiger partial charge in [-0.15, -0.1) is 0 Å². The van der Waals surface area contributed by atoms with Crippen molar-refractivity contribution in [3.8, 4) is 16.9 Å². The van der Waals surface area contributed by atoms with Crippen LogP contribution in [0.4, 0.5) is 0 Å². The van der Waals surface area contributed by atoms with E-state index in [2.05, 4.69) is 0 Å². The lowest BCUT2D eigenvalue weighted by Crippen LogP contribution is -2.05. The van der Waals surface area contributed by atoms with Crippen molar-refractivity contribution in [2.75, 3.05) is 12.4 Å². The van der Waals surface area contributed by atoms with Crippen molar-refractivity contribution in [3.05, 3.63) is 48.0 Å². The topological polar surface area (TPSA) is 80.7 Å². The Morgan fingerprint density at radius 1 is 1.00 bits per heavy atom. The first-order valence-electron chi connectivity index (χ1n) is 8.22. The number of ether oxygens (including phenoxy) is 1. The smallest absolute Gasteiger partial charge is 0.339 e. The minimum Gasteiger partial charge on any atom is -0.493 e. The molecule has 25 heavy (non-hydrogen) atoms. The van der Waals surface area contributed by atoms with Crippen molar-refractivity contribution >= 4 is 15.8 Å². The first-order valence-corrected chi connectivity index (χ1v) is 9.87. The van der Waals surface area contributed by atoms with Gasteiger partial charge < -0.3 is 9.84 Å². The molecule has 6 heteroatoms. The Kier molecular flexibility index (Phi) is 6.20. The average molecular weight is 362 g/mol. The summed E-state index contributed by atoms with van der Waals surface area (Å²) in [6.45, 7) is 4.22. The molecule has 0 fully saturated rings. The molecular formula is C19H22O5S. The highest BCUT2D eigenvalue weighted by atomic mass is 32.2. The van der Waals surface area contributed by atoms with Gasteiger partial charge in [0.2, 0.25) is 0 Å². The van der Waals surface area contributed by atoms with E-state index in [1.165, 1.54) is 0 Å². The number of rotatable bonds is 8. The fourth-order valence-electron chi connectivity index (χ4n) is 2.46. The lowest BCUT2D eigenvalue weighted by molar-refractivity contribution is 0.0692. The van der Waals surface area contributed by atoms with Gasteiger partial charge in [-0.3, -0.25) is 0 Å². The minimum absolute atomic E-state index is 0.0913. The standard InChI is InChI=1S/C19H22O5S/c1-3-11-24-18-10-7-15(13-17(18)19(20)21)14-5-8-16(9-6-14)25(22,23)12-4-2/h5-10,13H,3-4,11-12H2,1-2H3,(H,20,21). The molecule has 0 spiro atoms. The largest absolute Gasteiger partial charge is 0.493 e. The second-order valence-corrected chi connectivity index (χ2v) is 7.82. The van der Waals surface area contributed by atoms with Crippen LogP contribution in [0.2, 0.25) is 0 Å². The molecule has 5 nitrogen and oxygen atoms in total. The van der Waals surface area contributed by atoms with Gasteiger partial charge in [0.15, 0.2) is 9.84 Å². The molecule has 0 atom stereocenters. The van der Waals surface area contributed by atoms with Crippen LogP contribution in [0.25, 0.3) is 11.1 Å². The number of carbonyl (C=O) groups is 1. The summed E-state index contributed by atoms with van der Waals surface area (Å²) >= 11 is 0. The maximum Gasteiger partial charge on any atom is 0.339 e. The second-order valence-electron chi connectivity index (χ2n) is 5.71. The summed E-state index contributed by atoms with van der Waals surface area (Å²) in [5, 5.41) is 9.39. The fourth-order valence-corrected chi connectivity index (χ4v) is 3.78. The first-order chi connectivity index (χ1) is 11.9. The summed E-state index contributed by atoms with van der Waals surface area (Å²) in [6, 6.07) is 11.4. The lowest BCUT2D eigenvalue weighted by atomic mass is 10.0. The fraction of sp³-hybridized carbons (Fsp3) is 0.316. The van der Waals surface area contributed by atoms with Gasteiger partial charge in [-0.05, 0) is 48.2 Å². The number of hydrogen-bond donors (Lipinski definition) is 1. The molecule has 0 heterocycles. The predicted octanol–water partition coefficient (Wildman–Crippen LogP) is 4.02. The molecule has 0 aliphatic rings. The molecule has 2 aromatic rings. The monoisotopic (exact) mass is 362 g/mol. The number of benzene rings is 2. The molecule has 0 aromatic heterocycles. The van der Waals surface area contributed by atoms with Crippen molar-refractivity contribution < 1.29 is 23.1 Å². The molecule has 0 radical (unpaired) electrons. The molecule has 1 N–H and O–H groups in total. The third-order valence-corrected chi connectivity index (χ3v) is 5.63. The van der Waals surface area contributed by atoms with Gasteiger partial charge in [0.1, 0.15) is 11.3 Å². The second kappa shape index (κ2) is 8.16. The van der Waals surface area contributed by atoms with Gasteiger partial charge in [0.05, 0.1) is 17.3 Å². The zero-order chi connectivity index (χ0) is 18.4. The van der Waals surface area contributed by atoms with Crippen molar-refractivity contribution in [1.29, 1.82) is 0 Å². The van der Waals surface area contributed by atoms with Crippen LogP contribution in [0.5, 0.6) is 5.75 Å². The first kappa shape index (κ1) is 19.0. The van der Waals surface area contributed by atoms with Crippen LogP contribution in [0.1, 0.15) is 37.0 Å². The van der Waals surface area contributed by atoms with Gasteiger partial charge in [0, 0.05) is 0 Å². The number of aromatic carboxylic acids is 1. The van der Waals surface area contributed by atoms with E-state index < -0.39 is 15.8 Å². The third-order valence-electron chi connectivity index (χ3n) is 3.69. The van der Waals surface area contributed by atoms with Crippen LogP contribution in [0.3, 0.4) is 0 Å². The Morgan fingerprint density at radius 3 is 2.20 bits per heavy atom. The molecule has 0 unspecified atom stereocenters. The maximum atomic E-state index is 12.1. The van der Waals surface area contributed by atoms with Gasteiger partial charge in [-0.1, -0.05) is 32.0 Å². The van der Waals surface area contributed by atoms with Crippen LogP contribution in [0.15, 0.2) is 47.4 Å². The molecule has 0 amide bonds. The lowest BCUT2D eigenvalue weighted by Gasteiger charge is -2.11. The van der Waals surface area contributed by atoms with E-state index in [0.717, 1.165) is 12.0 Å². The summed E-state index contributed by atoms with van der Waals surface area (Å²) < 4.78 is 29.6. The van der Waals surface area contributed by atoms with Crippen LogP contribution in [-0.2, 0) is 9.84 Å². The normalized spacial score (nSPS) is 11.3. The van der Waals surface area contributed by atoms with E-state index in [4.69, 9.17) is 4.74 Å². The van der Waals surface area contributed by atoms with Gasteiger partial charge in [0.25, 0.3) is 0 Å². The Hall–Kier alpha value is -2.34. The van der Waals surface area contributed by atoms with E-state index in [1.807, 2.05) is 13.8 Å². The number of hydrogen-bond acceptors (Lipinski definition) is 4. The quantitative estimate of drug-likeness (QED) is 0.767. The van der Waals surface area contributed by atoms with Crippen molar-refractivity contribution in [2.45, 2.75) is 31.6 Å². The number of carboxylic acids is 1. The molecule has 0 saturated heterocycles. The summed E-state index contributed by atoms with van der Waals surface area (Å²) in [5.41, 5.74) is 1.54. The SMILES string of the molecule is CCCOc1ccc(-c2ccc(S(=O)(=O)CCC)cc2)cc1C(=O)O. The zero-order valence-electron chi connectivity index (χ0n) is 14.4. The highest BCUT2D eigenvalue weighted by molar-refractivity contribution is 7.91. The van der Waals surface area contributed by atoms with Crippen LogP contribution >= 0.6 is 0 Å². The molecule has 0 saturated carbocycles. The van der Waals surface area contributed by atoms with E-state index in [1.54, 1.807) is 42.5 Å². The predicted molar refractivity (Wildman–Crippen MR) is 97.0 cm³/mol. The van der Waals surface area contributed by atoms with Crippen molar-refractivity contribution in [1.82, 2.24) is 0 Å². The van der Waals surface area contributed by atoms with Crippen molar-refractivity contribution in [3.63, 3.8) is 0 Å². The van der Waals surface area contributed by atoms with Crippen LogP contribution in [-0.4, -0.2) is 31.9 Å². The van der Waals surface area contributed by atoms with Crippen LogP contribution < -0.4 is 4.74 Å². The Bertz CT molecular complexity index is 839. The Labute approximate surface area is 148 Å². The summed E-state index contributed by atoms with van der Waals surface area (Å²) in [4.78, 5) is 11.7. The highest BCUT2D eigenvalue weighted by Crippen LogP contribution is 2.28. The van der Waals surface area contributed by atoms with E-state index in [0.29, 0.717) is 24.3 Å². The minimum atomic E-state index is -3.26. The molecule has 0 aliphatic carbocycles. The van der Waals surface area contributed by atoms with E-state index in [9.17, 15) is 18.3 Å². The summed E-state index contributed by atoms with van der Waals surface area (Å²) in [5.74, 6) is -0.616. The number of sulfone groups is 1. The average Bonchev–Trinajstić information content (AvgIpc) is 2.60. The molecule has 134 valence electrons. The zero-order valence-corrected chi connectivity index (χ0v) is 15.2. The summed E-state index contributed by atoms with van der Waals surface area (Å²) in [6.07, 6.45) is 1.35. The van der Waals surface area contributed by atoms with Crippen LogP contribution in [0, 0.1) is 0 Å². The van der Waals surface area contributed by atoms with Gasteiger partial charge >= 0.3 is 5.97 Å². The molecule has 2 aromatic carbocycles. The molecule has 2 rings (SSSR count). The summed E-state index contributed by atoms with van der Waals surface area (Å²) in [7, 11) is -3.26. The Balaban J connectivity index is 2.35. The third kappa shape index (κ3) is 4.60. The van der Waals surface area contributed by atoms with Crippen molar-refractivity contribution in [2.24, 2.45) is 0 Å². The van der Waals surface area contributed by atoms with Gasteiger partial charge in [-0.2, -0.15) is 0 Å². The molecular weight excluding hydrogens is 340 g/mol. The van der Waals surface area contributed by atoms with E-state index >= 15 is 0 Å². The van der Waals surface area contributed by atoms with Gasteiger partial charge in [-0.25, -0.2) is 13.2 Å². The molecule has 0 aliphatic heterocycles. The Morgan fingerprint density at radius 2 is 1.64 bits per heavy atom. The maximum absolute atomic E-state index is 12.1. The molecule has 0 bridgehead atoms. The van der Waals surface area contributed by atoms with E-state index in [-0.39, 0.29) is 16.2 Å². The highest BCUT2D eigenvalue weighted by Gasteiger charge is 2.15.